The molecule has 0 unspecified atom stereocenters. The fraction of sp³-hybridized carbons (Fsp3) is 0.409. The molecule has 0 spiro atoms. The van der Waals surface area contributed by atoms with E-state index in [9.17, 15) is 8.78 Å². The first-order valence-corrected chi connectivity index (χ1v) is 9.82. The second kappa shape index (κ2) is 10.2. The molecule has 0 aromatic heterocycles. The van der Waals surface area contributed by atoms with Gasteiger partial charge in [0.2, 0.25) is 0 Å². The molecule has 28 heavy (non-hydrogen) atoms. The lowest BCUT2D eigenvalue weighted by molar-refractivity contribution is 0.198. The number of likely N-dealkylation sites (tertiary alicyclic amines) is 1. The zero-order chi connectivity index (χ0) is 19.8. The van der Waals surface area contributed by atoms with Gasteiger partial charge in [0.1, 0.15) is 0 Å². The standard InChI is InChI=1S/C22H28F2N4/c1-25-22(26-13-10-18-8-5-9-20(23)21(18)24)27-19-11-14-28(15-12-19)16-17-6-3-2-4-7-17/h2-9,19H,10-16H2,1H3,(H2,25,26,27). The van der Waals surface area contributed by atoms with E-state index in [1.807, 2.05) is 6.07 Å². The lowest BCUT2D eigenvalue weighted by Gasteiger charge is -2.33. The van der Waals surface area contributed by atoms with Crippen LogP contribution in [0.4, 0.5) is 8.78 Å². The van der Waals surface area contributed by atoms with Crippen molar-refractivity contribution in [3.8, 4) is 0 Å². The number of piperidine rings is 1. The molecule has 1 aliphatic heterocycles. The van der Waals surface area contributed by atoms with Gasteiger partial charge in [0.05, 0.1) is 0 Å². The molecule has 1 aliphatic rings. The third-order valence-electron chi connectivity index (χ3n) is 5.12. The molecular weight excluding hydrogens is 358 g/mol. The van der Waals surface area contributed by atoms with Crippen molar-refractivity contribution in [1.82, 2.24) is 15.5 Å². The monoisotopic (exact) mass is 386 g/mol. The van der Waals surface area contributed by atoms with Crippen molar-refractivity contribution in [2.75, 3.05) is 26.7 Å². The molecule has 6 heteroatoms. The Hall–Kier alpha value is -2.47. The van der Waals surface area contributed by atoms with Crippen LogP contribution in [0.25, 0.3) is 0 Å². The quantitative estimate of drug-likeness (QED) is 0.591. The van der Waals surface area contributed by atoms with Crippen molar-refractivity contribution in [1.29, 1.82) is 0 Å². The Balaban J connectivity index is 1.40. The number of rotatable bonds is 6. The van der Waals surface area contributed by atoms with Gasteiger partial charge in [-0.2, -0.15) is 0 Å². The van der Waals surface area contributed by atoms with E-state index in [-0.39, 0.29) is 0 Å². The predicted octanol–water partition coefficient (Wildman–Crippen LogP) is 3.34. The topological polar surface area (TPSA) is 39.7 Å². The van der Waals surface area contributed by atoms with Gasteiger partial charge in [0.25, 0.3) is 0 Å². The van der Waals surface area contributed by atoms with Crippen molar-refractivity contribution in [2.24, 2.45) is 4.99 Å². The minimum Gasteiger partial charge on any atom is -0.356 e. The van der Waals surface area contributed by atoms with E-state index in [2.05, 4.69) is 44.8 Å². The summed E-state index contributed by atoms with van der Waals surface area (Å²) in [6.07, 6.45) is 2.50. The van der Waals surface area contributed by atoms with E-state index in [1.165, 1.54) is 11.6 Å². The smallest absolute Gasteiger partial charge is 0.191 e. The fourth-order valence-electron chi connectivity index (χ4n) is 3.52. The number of hydrogen-bond donors (Lipinski definition) is 2. The van der Waals surface area contributed by atoms with Crippen LogP contribution >= 0.6 is 0 Å². The van der Waals surface area contributed by atoms with E-state index in [1.54, 1.807) is 13.1 Å². The van der Waals surface area contributed by atoms with Gasteiger partial charge in [-0.1, -0.05) is 42.5 Å². The van der Waals surface area contributed by atoms with Crippen LogP contribution in [0.3, 0.4) is 0 Å². The zero-order valence-corrected chi connectivity index (χ0v) is 16.3. The molecule has 2 aromatic rings. The number of benzene rings is 2. The van der Waals surface area contributed by atoms with Gasteiger partial charge in [-0.3, -0.25) is 9.89 Å². The molecule has 1 fully saturated rings. The summed E-state index contributed by atoms with van der Waals surface area (Å²) in [4.78, 5) is 6.72. The maximum absolute atomic E-state index is 13.7. The highest BCUT2D eigenvalue weighted by atomic mass is 19.2. The molecule has 2 N–H and O–H groups in total. The van der Waals surface area contributed by atoms with Crippen molar-refractivity contribution in [2.45, 2.75) is 31.8 Å². The Morgan fingerprint density at radius 2 is 1.82 bits per heavy atom. The van der Waals surface area contributed by atoms with Crippen LogP contribution in [-0.4, -0.2) is 43.6 Å². The third kappa shape index (κ3) is 5.76. The lowest BCUT2D eigenvalue weighted by Crippen LogP contribution is -2.48. The summed E-state index contributed by atoms with van der Waals surface area (Å²) in [6.45, 7) is 3.56. The maximum atomic E-state index is 13.7. The minimum absolute atomic E-state index is 0.365. The van der Waals surface area contributed by atoms with Gasteiger partial charge in [-0.05, 0) is 36.5 Å². The average molecular weight is 386 g/mol. The van der Waals surface area contributed by atoms with Crippen molar-refractivity contribution < 1.29 is 8.78 Å². The predicted molar refractivity (Wildman–Crippen MR) is 109 cm³/mol. The minimum atomic E-state index is -0.803. The first-order valence-electron chi connectivity index (χ1n) is 9.82. The highest BCUT2D eigenvalue weighted by Gasteiger charge is 2.20. The fourth-order valence-corrected chi connectivity index (χ4v) is 3.52. The largest absolute Gasteiger partial charge is 0.356 e. The van der Waals surface area contributed by atoms with Crippen LogP contribution in [0.5, 0.6) is 0 Å². The molecule has 3 rings (SSSR count). The van der Waals surface area contributed by atoms with Gasteiger partial charge in [0.15, 0.2) is 17.6 Å². The summed E-state index contributed by atoms with van der Waals surface area (Å²) in [5.41, 5.74) is 1.72. The highest BCUT2D eigenvalue weighted by Crippen LogP contribution is 2.14. The number of aliphatic imine (C=N–C) groups is 1. The molecule has 1 heterocycles. The van der Waals surface area contributed by atoms with Crippen LogP contribution < -0.4 is 10.6 Å². The summed E-state index contributed by atoms with van der Waals surface area (Å²) in [5.74, 6) is -0.862. The Morgan fingerprint density at radius 1 is 1.07 bits per heavy atom. The van der Waals surface area contributed by atoms with Gasteiger partial charge in [-0.25, -0.2) is 8.78 Å². The highest BCUT2D eigenvalue weighted by molar-refractivity contribution is 5.79. The molecule has 4 nitrogen and oxygen atoms in total. The van der Waals surface area contributed by atoms with E-state index < -0.39 is 11.6 Å². The summed E-state index contributed by atoms with van der Waals surface area (Å²) in [6, 6.07) is 15.2. The van der Waals surface area contributed by atoms with Gasteiger partial charge in [0, 0.05) is 39.3 Å². The van der Waals surface area contributed by atoms with Gasteiger partial charge in [-0.15, -0.1) is 0 Å². The average Bonchev–Trinajstić information content (AvgIpc) is 2.72. The maximum Gasteiger partial charge on any atom is 0.191 e. The molecule has 0 saturated carbocycles. The summed E-state index contributed by atoms with van der Waals surface area (Å²) in [5, 5.41) is 6.65. The molecule has 0 bridgehead atoms. The molecule has 1 saturated heterocycles. The normalized spacial score (nSPS) is 16.2. The molecule has 0 amide bonds. The van der Waals surface area contributed by atoms with Crippen molar-refractivity contribution in [3.63, 3.8) is 0 Å². The lowest BCUT2D eigenvalue weighted by atomic mass is 10.0. The van der Waals surface area contributed by atoms with Crippen LogP contribution in [0.2, 0.25) is 0 Å². The van der Waals surface area contributed by atoms with Crippen LogP contribution in [0.15, 0.2) is 53.5 Å². The Kier molecular flexibility index (Phi) is 7.37. The van der Waals surface area contributed by atoms with Gasteiger partial charge < -0.3 is 10.6 Å². The van der Waals surface area contributed by atoms with Crippen LogP contribution in [-0.2, 0) is 13.0 Å². The summed E-state index contributed by atoms with van der Waals surface area (Å²) < 4.78 is 27.0. The molecular formula is C22H28F2N4. The number of halogens is 2. The molecule has 0 aliphatic carbocycles. The number of nitrogens with zero attached hydrogens (tertiary/aromatic N) is 2. The summed E-state index contributed by atoms with van der Waals surface area (Å²) >= 11 is 0. The second-order valence-corrected chi connectivity index (χ2v) is 7.14. The Labute approximate surface area is 165 Å². The second-order valence-electron chi connectivity index (χ2n) is 7.14. The first-order chi connectivity index (χ1) is 13.7. The first kappa shape index (κ1) is 20.3. The third-order valence-corrected chi connectivity index (χ3v) is 5.12. The van der Waals surface area contributed by atoms with Gasteiger partial charge >= 0.3 is 0 Å². The summed E-state index contributed by atoms with van der Waals surface area (Å²) in [7, 11) is 1.72. The van der Waals surface area contributed by atoms with E-state index in [4.69, 9.17) is 0 Å². The zero-order valence-electron chi connectivity index (χ0n) is 16.3. The SMILES string of the molecule is CN=C(NCCc1cccc(F)c1F)NC1CCN(Cc2ccccc2)CC1. The molecule has 150 valence electrons. The van der Waals surface area contributed by atoms with Crippen molar-refractivity contribution >= 4 is 5.96 Å². The van der Waals surface area contributed by atoms with Crippen LogP contribution in [0, 0.1) is 11.6 Å². The van der Waals surface area contributed by atoms with E-state index in [0.29, 0.717) is 30.5 Å². The van der Waals surface area contributed by atoms with E-state index in [0.717, 1.165) is 38.5 Å². The number of hydrogen-bond acceptors (Lipinski definition) is 2. The molecule has 2 aromatic carbocycles. The molecule has 0 radical (unpaired) electrons. The number of guanidine groups is 1. The Morgan fingerprint density at radius 3 is 2.54 bits per heavy atom. The van der Waals surface area contributed by atoms with Crippen molar-refractivity contribution in [3.05, 3.63) is 71.3 Å². The van der Waals surface area contributed by atoms with E-state index >= 15 is 0 Å². The molecule has 0 atom stereocenters. The Bertz CT molecular complexity index is 771. The number of nitrogens with one attached hydrogen (secondary N) is 2. The van der Waals surface area contributed by atoms with Crippen LogP contribution in [0.1, 0.15) is 24.0 Å².